The van der Waals surface area contributed by atoms with Crippen molar-refractivity contribution in [1.82, 2.24) is 5.32 Å². The Hall–Kier alpha value is -2.62. The number of carbonyl (C=O) groups is 1. The Balaban J connectivity index is 1.62. The lowest BCUT2D eigenvalue weighted by Crippen LogP contribution is -2.28. The highest BCUT2D eigenvalue weighted by Crippen LogP contribution is 2.00. The van der Waals surface area contributed by atoms with E-state index in [-0.39, 0.29) is 12.5 Å². The van der Waals surface area contributed by atoms with Gasteiger partial charge in [-0.05, 0) is 24.5 Å². The average Bonchev–Trinajstić information content (AvgIpc) is 2.54. The summed E-state index contributed by atoms with van der Waals surface area (Å²) < 4.78 is 0. The van der Waals surface area contributed by atoms with Crippen molar-refractivity contribution in [3.63, 3.8) is 0 Å². The van der Waals surface area contributed by atoms with E-state index in [1.807, 2.05) is 61.5 Å². The fourth-order valence-electron chi connectivity index (χ4n) is 1.89. The van der Waals surface area contributed by atoms with Gasteiger partial charge in [-0.2, -0.15) is 0 Å². The molecule has 0 heterocycles. The Morgan fingerprint density at radius 1 is 1.14 bits per heavy atom. The van der Waals surface area contributed by atoms with Crippen LogP contribution in [-0.2, 0) is 16.1 Å². The highest BCUT2D eigenvalue weighted by molar-refractivity contribution is 5.79. The molecule has 0 spiro atoms. The van der Waals surface area contributed by atoms with Crippen molar-refractivity contribution in [2.45, 2.75) is 13.3 Å². The van der Waals surface area contributed by atoms with E-state index < -0.39 is 0 Å². The van der Waals surface area contributed by atoms with Gasteiger partial charge in [-0.3, -0.25) is 4.79 Å². The summed E-state index contributed by atoms with van der Waals surface area (Å²) in [6.45, 7) is 2.54. The van der Waals surface area contributed by atoms with Gasteiger partial charge in [0.25, 0.3) is 5.91 Å². The predicted octanol–water partition coefficient (Wildman–Crippen LogP) is 2.70. The van der Waals surface area contributed by atoms with Gasteiger partial charge in [0, 0.05) is 6.54 Å². The molecular weight excluding hydrogens is 276 g/mol. The van der Waals surface area contributed by atoms with E-state index in [1.165, 1.54) is 11.1 Å². The summed E-state index contributed by atoms with van der Waals surface area (Å²) in [5.74, 6) is -0.169. The van der Waals surface area contributed by atoms with Crippen LogP contribution in [0.5, 0.6) is 0 Å². The molecule has 2 aromatic rings. The molecule has 0 radical (unpaired) electrons. The summed E-state index contributed by atoms with van der Waals surface area (Å²) >= 11 is 0. The van der Waals surface area contributed by atoms with Crippen molar-refractivity contribution in [3.8, 4) is 0 Å². The summed E-state index contributed by atoms with van der Waals surface area (Å²) in [6.07, 6.45) is 2.40. The number of carbonyl (C=O) groups excluding carboxylic acids is 1. The van der Waals surface area contributed by atoms with Crippen molar-refractivity contribution >= 4 is 12.1 Å². The van der Waals surface area contributed by atoms with Crippen LogP contribution >= 0.6 is 0 Å². The first-order valence-electron chi connectivity index (χ1n) is 7.26. The number of nitrogens with zero attached hydrogens (tertiary/aromatic N) is 1. The molecule has 1 amide bonds. The van der Waals surface area contributed by atoms with Gasteiger partial charge in [-0.25, -0.2) is 0 Å². The lowest BCUT2D eigenvalue weighted by atomic mass is 10.1. The van der Waals surface area contributed by atoms with Crippen LogP contribution in [0.2, 0.25) is 0 Å². The van der Waals surface area contributed by atoms with Gasteiger partial charge in [-0.15, -0.1) is 0 Å². The Labute approximate surface area is 130 Å². The monoisotopic (exact) mass is 296 g/mol. The summed E-state index contributed by atoms with van der Waals surface area (Å²) in [5.41, 5.74) is 3.33. The molecule has 4 heteroatoms. The Kier molecular flexibility index (Phi) is 6.18. The normalized spacial score (nSPS) is 10.6. The zero-order chi connectivity index (χ0) is 15.6. The van der Waals surface area contributed by atoms with Crippen molar-refractivity contribution in [1.29, 1.82) is 0 Å². The molecular formula is C18H20N2O2. The van der Waals surface area contributed by atoms with E-state index >= 15 is 0 Å². The Morgan fingerprint density at radius 2 is 1.86 bits per heavy atom. The molecule has 0 aliphatic heterocycles. The summed E-state index contributed by atoms with van der Waals surface area (Å²) in [4.78, 5) is 16.6. The number of benzene rings is 2. The van der Waals surface area contributed by atoms with E-state index in [0.717, 1.165) is 12.0 Å². The van der Waals surface area contributed by atoms with E-state index in [4.69, 9.17) is 4.84 Å². The molecule has 2 rings (SSSR count). The Morgan fingerprint density at radius 3 is 2.59 bits per heavy atom. The third-order valence-electron chi connectivity index (χ3n) is 3.13. The van der Waals surface area contributed by atoms with Gasteiger partial charge < -0.3 is 10.2 Å². The number of hydrogen-bond acceptors (Lipinski definition) is 3. The lowest BCUT2D eigenvalue weighted by Gasteiger charge is -2.04. The molecule has 0 aliphatic rings. The van der Waals surface area contributed by atoms with Gasteiger partial charge in [0.1, 0.15) is 0 Å². The third-order valence-corrected chi connectivity index (χ3v) is 3.13. The highest BCUT2D eigenvalue weighted by atomic mass is 16.6. The standard InChI is InChI=1S/C18H20N2O2/c1-15-7-9-17(10-8-15)13-20-22-14-18(21)19-12-11-16-5-3-2-4-6-16/h2-10,13H,11-12,14H2,1H3,(H,19,21)/b20-13-. The average molecular weight is 296 g/mol. The van der Waals surface area contributed by atoms with Crippen LogP contribution in [-0.4, -0.2) is 25.3 Å². The first kappa shape index (κ1) is 15.8. The SMILES string of the molecule is Cc1ccc(/C=N\OCC(=O)NCCc2ccccc2)cc1. The first-order valence-corrected chi connectivity index (χ1v) is 7.26. The summed E-state index contributed by atoms with van der Waals surface area (Å²) in [6, 6.07) is 17.9. The number of aryl methyl sites for hydroxylation is 1. The molecule has 22 heavy (non-hydrogen) atoms. The maximum Gasteiger partial charge on any atom is 0.260 e. The number of hydrogen-bond donors (Lipinski definition) is 1. The molecule has 0 aromatic heterocycles. The quantitative estimate of drug-likeness (QED) is 0.631. The number of amides is 1. The van der Waals surface area contributed by atoms with E-state index in [0.29, 0.717) is 6.54 Å². The van der Waals surface area contributed by atoms with Crippen LogP contribution < -0.4 is 5.32 Å². The van der Waals surface area contributed by atoms with E-state index in [1.54, 1.807) is 6.21 Å². The van der Waals surface area contributed by atoms with Crippen LogP contribution in [0.1, 0.15) is 16.7 Å². The zero-order valence-electron chi connectivity index (χ0n) is 12.7. The van der Waals surface area contributed by atoms with Crippen molar-refractivity contribution in [2.24, 2.45) is 5.16 Å². The first-order chi connectivity index (χ1) is 10.7. The second-order valence-corrected chi connectivity index (χ2v) is 5.00. The van der Waals surface area contributed by atoms with Crippen molar-refractivity contribution in [2.75, 3.05) is 13.2 Å². The van der Waals surface area contributed by atoms with E-state index in [2.05, 4.69) is 10.5 Å². The smallest absolute Gasteiger partial charge is 0.260 e. The second kappa shape index (κ2) is 8.62. The number of rotatable bonds is 7. The number of oxime groups is 1. The van der Waals surface area contributed by atoms with Gasteiger partial charge in [0.15, 0.2) is 6.61 Å². The summed E-state index contributed by atoms with van der Waals surface area (Å²) in [5, 5.41) is 6.59. The van der Waals surface area contributed by atoms with E-state index in [9.17, 15) is 4.79 Å². The van der Waals surface area contributed by atoms with Crippen LogP contribution in [0.25, 0.3) is 0 Å². The molecule has 0 saturated carbocycles. The molecule has 4 nitrogen and oxygen atoms in total. The molecule has 0 atom stereocenters. The Bertz CT molecular complexity index is 607. The van der Waals surface area contributed by atoms with Crippen LogP contribution in [0.4, 0.5) is 0 Å². The molecule has 0 saturated heterocycles. The van der Waals surface area contributed by atoms with Crippen molar-refractivity contribution < 1.29 is 9.63 Å². The van der Waals surface area contributed by atoms with Crippen LogP contribution in [0, 0.1) is 6.92 Å². The molecule has 2 aromatic carbocycles. The minimum absolute atomic E-state index is 0.0723. The molecule has 114 valence electrons. The fourth-order valence-corrected chi connectivity index (χ4v) is 1.89. The minimum atomic E-state index is -0.169. The molecule has 0 fully saturated rings. The zero-order valence-corrected chi connectivity index (χ0v) is 12.7. The second-order valence-electron chi connectivity index (χ2n) is 5.00. The van der Waals surface area contributed by atoms with Crippen LogP contribution in [0.3, 0.4) is 0 Å². The highest BCUT2D eigenvalue weighted by Gasteiger charge is 2.00. The predicted molar refractivity (Wildman–Crippen MR) is 87.9 cm³/mol. The summed E-state index contributed by atoms with van der Waals surface area (Å²) in [7, 11) is 0. The van der Waals surface area contributed by atoms with Gasteiger partial charge in [-0.1, -0.05) is 65.3 Å². The maximum atomic E-state index is 11.6. The molecule has 0 aliphatic carbocycles. The third kappa shape index (κ3) is 5.79. The van der Waals surface area contributed by atoms with Crippen molar-refractivity contribution in [3.05, 3.63) is 71.3 Å². The number of nitrogens with one attached hydrogen (secondary N) is 1. The lowest BCUT2D eigenvalue weighted by molar-refractivity contribution is -0.125. The molecule has 1 N–H and O–H groups in total. The minimum Gasteiger partial charge on any atom is -0.386 e. The van der Waals surface area contributed by atoms with Crippen LogP contribution in [0.15, 0.2) is 59.8 Å². The van der Waals surface area contributed by atoms with Gasteiger partial charge >= 0.3 is 0 Å². The molecule has 0 unspecified atom stereocenters. The fraction of sp³-hybridized carbons (Fsp3) is 0.222. The van der Waals surface area contributed by atoms with Gasteiger partial charge in [0.05, 0.1) is 6.21 Å². The maximum absolute atomic E-state index is 11.6. The largest absolute Gasteiger partial charge is 0.386 e. The molecule has 0 bridgehead atoms. The van der Waals surface area contributed by atoms with Gasteiger partial charge in [0.2, 0.25) is 0 Å². The topological polar surface area (TPSA) is 50.7 Å².